The van der Waals surface area contributed by atoms with Crippen LogP contribution in [0.1, 0.15) is 96.0 Å². The number of carbonyl (C=O) groups is 1. The van der Waals surface area contributed by atoms with Crippen molar-refractivity contribution in [3.63, 3.8) is 0 Å². The molecule has 3 saturated carbocycles. The third kappa shape index (κ3) is 7.24. The average Bonchev–Trinajstić information content (AvgIpc) is 3.82. The molecule has 0 radical (unpaired) electrons. The number of rotatable bonds is 15. The maximum atomic E-state index is 12.5. The largest absolute Gasteiger partial charge is 0.381 e. The molecule has 0 spiro atoms. The second-order valence-electron chi connectivity index (χ2n) is 14.8. The first-order valence-corrected chi connectivity index (χ1v) is 19.5. The molecule has 1 unspecified atom stereocenters. The van der Waals surface area contributed by atoms with Gasteiger partial charge in [-0.3, -0.25) is 4.79 Å². The minimum Gasteiger partial charge on any atom is -0.381 e. The summed E-state index contributed by atoms with van der Waals surface area (Å²) in [4.78, 5) is 14.3. The zero-order valence-electron chi connectivity index (χ0n) is 27.6. The van der Waals surface area contributed by atoms with Crippen LogP contribution >= 0.6 is 0 Å². The maximum absolute atomic E-state index is 12.5. The van der Waals surface area contributed by atoms with E-state index in [0.717, 1.165) is 69.6 Å². The van der Waals surface area contributed by atoms with Gasteiger partial charge < -0.3 is 9.64 Å². The topological polar surface area (TPSA) is 87.5 Å². The molecule has 6 rings (SSSR count). The summed E-state index contributed by atoms with van der Waals surface area (Å²) in [6.07, 6.45) is 13.8. The molecule has 1 aliphatic heterocycles. The Labute approximate surface area is 276 Å². The Morgan fingerprint density at radius 3 is 2.26 bits per heavy atom. The number of benzene rings is 2. The minimum atomic E-state index is -3.12. The van der Waals surface area contributed by atoms with E-state index in [1.54, 1.807) is 19.1 Å². The number of ketones is 1. The molecule has 1 saturated heterocycles. The van der Waals surface area contributed by atoms with Crippen molar-refractivity contribution in [1.82, 2.24) is 0 Å². The van der Waals surface area contributed by atoms with Crippen LogP contribution in [0.4, 0.5) is 5.69 Å². The number of anilines is 1. The molecule has 0 aromatic heterocycles. The first-order valence-electron chi connectivity index (χ1n) is 17.9. The summed E-state index contributed by atoms with van der Waals surface area (Å²) in [6.45, 7) is 4.86. The quantitative estimate of drug-likeness (QED) is 0.183. The molecule has 1 heterocycles. The van der Waals surface area contributed by atoms with Crippen LogP contribution in [-0.2, 0) is 24.8 Å². The normalized spacial score (nSPS) is 26.7. The first-order chi connectivity index (χ1) is 22.3. The lowest BCUT2D eigenvalue weighted by Gasteiger charge is -2.45. The molecule has 0 amide bonds. The number of hydrogen-bond donors (Lipinski definition) is 0. The first kappa shape index (κ1) is 33.2. The Bertz CT molecular complexity index is 1450. The molecule has 2 aromatic rings. The number of nitrogens with zero attached hydrogens (tertiary/aromatic N) is 2. The van der Waals surface area contributed by atoms with E-state index in [0.29, 0.717) is 48.2 Å². The van der Waals surface area contributed by atoms with Crippen LogP contribution in [0.15, 0.2) is 59.5 Å². The predicted molar refractivity (Wildman–Crippen MR) is 182 cm³/mol. The molecule has 248 valence electrons. The van der Waals surface area contributed by atoms with Crippen molar-refractivity contribution in [1.29, 1.82) is 5.26 Å². The average molecular weight is 645 g/mol. The van der Waals surface area contributed by atoms with Gasteiger partial charge in [0.05, 0.1) is 28.2 Å². The number of ether oxygens (including phenoxy) is 1. The number of sulfone groups is 1. The molecule has 0 N–H and O–H groups in total. The Morgan fingerprint density at radius 1 is 0.913 bits per heavy atom. The summed E-state index contributed by atoms with van der Waals surface area (Å²) >= 11 is 0. The van der Waals surface area contributed by atoms with Crippen molar-refractivity contribution in [2.45, 2.75) is 106 Å². The Morgan fingerprint density at radius 2 is 1.61 bits per heavy atom. The van der Waals surface area contributed by atoms with E-state index in [1.807, 2.05) is 12.1 Å². The summed E-state index contributed by atoms with van der Waals surface area (Å²) in [5, 5.41) is 10.9. The van der Waals surface area contributed by atoms with Crippen molar-refractivity contribution in [3.8, 4) is 6.07 Å². The number of Topliss-reactive ketones (excluding diaryl/α,β-unsaturated/α-hetero) is 1. The fourth-order valence-corrected chi connectivity index (χ4v) is 10.6. The fourth-order valence-electron chi connectivity index (χ4n) is 8.97. The van der Waals surface area contributed by atoms with Crippen LogP contribution < -0.4 is 4.90 Å². The monoisotopic (exact) mass is 644 g/mol. The van der Waals surface area contributed by atoms with E-state index >= 15 is 0 Å². The van der Waals surface area contributed by atoms with Gasteiger partial charge >= 0.3 is 0 Å². The lowest BCUT2D eigenvalue weighted by molar-refractivity contribution is -0.118. The zero-order chi connectivity index (χ0) is 32.1. The molecule has 3 aliphatic carbocycles. The van der Waals surface area contributed by atoms with E-state index in [4.69, 9.17) is 4.74 Å². The molecule has 46 heavy (non-hydrogen) atoms. The highest BCUT2D eigenvalue weighted by Crippen LogP contribution is 2.54. The number of hydrogen-bond acceptors (Lipinski definition) is 6. The van der Waals surface area contributed by atoms with Gasteiger partial charge in [-0.05, 0) is 111 Å². The third-order valence-corrected chi connectivity index (χ3v) is 14.1. The van der Waals surface area contributed by atoms with Gasteiger partial charge in [0.25, 0.3) is 0 Å². The summed E-state index contributed by atoms with van der Waals surface area (Å²) in [7, 11) is -3.12. The van der Waals surface area contributed by atoms with Gasteiger partial charge in [-0.1, -0.05) is 62.4 Å². The van der Waals surface area contributed by atoms with E-state index < -0.39 is 15.3 Å². The molecule has 0 bridgehead atoms. The smallest absolute Gasteiger partial charge is 0.181 e. The van der Waals surface area contributed by atoms with E-state index in [-0.39, 0.29) is 11.0 Å². The summed E-state index contributed by atoms with van der Waals surface area (Å²) < 4.78 is 31.0. The molecule has 7 heteroatoms. The second-order valence-corrected chi connectivity index (χ2v) is 17.1. The summed E-state index contributed by atoms with van der Waals surface area (Å²) in [6, 6.07) is 21.1. The van der Waals surface area contributed by atoms with E-state index in [1.165, 1.54) is 37.7 Å². The highest BCUT2D eigenvalue weighted by atomic mass is 32.2. The van der Waals surface area contributed by atoms with Gasteiger partial charge in [0.2, 0.25) is 0 Å². The van der Waals surface area contributed by atoms with Crippen molar-refractivity contribution in [2.24, 2.45) is 29.6 Å². The Hall–Kier alpha value is -2.69. The van der Waals surface area contributed by atoms with Gasteiger partial charge in [-0.15, -0.1) is 0 Å². The molecule has 6 nitrogen and oxygen atoms in total. The molecular weight excluding hydrogens is 593 g/mol. The van der Waals surface area contributed by atoms with Gasteiger partial charge in [0.1, 0.15) is 5.78 Å². The SMILES string of the molecule is CC(=O)CCOC[C@H]1CCC[C@@H]1C(C#N)(c1ccccc1)C1CCC(CCCC2CN(c3ccc(S(=O)(=O)C4CC4)cc3)C2)CC1. The second kappa shape index (κ2) is 14.6. The lowest BCUT2D eigenvalue weighted by atomic mass is 9.56. The fraction of sp³-hybridized carbons (Fsp3) is 0.641. The molecule has 4 fully saturated rings. The van der Waals surface area contributed by atoms with Gasteiger partial charge in [-0.25, -0.2) is 8.42 Å². The van der Waals surface area contributed by atoms with Gasteiger partial charge in [0, 0.05) is 31.8 Å². The molecule has 3 atom stereocenters. The van der Waals surface area contributed by atoms with E-state index in [9.17, 15) is 18.5 Å². The van der Waals surface area contributed by atoms with Crippen LogP contribution in [0.3, 0.4) is 0 Å². The standard InChI is InChI=1S/C39H52N2O4S/c1-29(42)23-24-45-27-32-9-6-12-38(32)39(28-40,33-10-3-2-4-11-33)34-15-13-30(14-16-34)7-5-8-31-25-41(26-31)35-17-19-36(20-18-35)46(43,44)37-21-22-37/h2-4,10-11,17-20,30-32,34,37-38H,5-9,12-16,21-27H2,1H3/t30?,32-,34?,38+,39?/m1/s1. The van der Waals surface area contributed by atoms with Crippen LogP contribution in [-0.4, -0.2) is 45.8 Å². The molecule has 2 aromatic carbocycles. The summed E-state index contributed by atoms with van der Waals surface area (Å²) in [5.41, 5.74) is 1.85. The number of carbonyl (C=O) groups excluding carboxylic acids is 1. The van der Waals surface area contributed by atoms with Crippen molar-refractivity contribution in [3.05, 3.63) is 60.2 Å². The third-order valence-electron chi connectivity index (χ3n) is 11.8. The van der Waals surface area contributed by atoms with Crippen LogP contribution in [0, 0.1) is 40.9 Å². The van der Waals surface area contributed by atoms with Crippen LogP contribution in [0.2, 0.25) is 0 Å². The Kier molecular flexibility index (Phi) is 10.5. The molecule has 4 aliphatic rings. The van der Waals surface area contributed by atoms with Gasteiger partial charge in [-0.2, -0.15) is 5.26 Å². The highest BCUT2D eigenvalue weighted by Gasteiger charge is 2.52. The van der Waals surface area contributed by atoms with Crippen molar-refractivity contribution in [2.75, 3.05) is 31.2 Å². The van der Waals surface area contributed by atoms with Crippen molar-refractivity contribution >= 4 is 21.3 Å². The highest BCUT2D eigenvalue weighted by molar-refractivity contribution is 7.92. The molecular formula is C39H52N2O4S. The lowest BCUT2D eigenvalue weighted by Crippen LogP contribution is -2.46. The Balaban J connectivity index is 0.987. The van der Waals surface area contributed by atoms with Gasteiger partial charge in [0.15, 0.2) is 9.84 Å². The van der Waals surface area contributed by atoms with Crippen LogP contribution in [0.25, 0.3) is 0 Å². The zero-order valence-corrected chi connectivity index (χ0v) is 28.4. The number of nitriles is 1. The minimum absolute atomic E-state index is 0.158. The predicted octanol–water partition coefficient (Wildman–Crippen LogP) is 7.91. The van der Waals surface area contributed by atoms with Crippen LogP contribution in [0.5, 0.6) is 0 Å². The maximum Gasteiger partial charge on any atom is 0.181 e. The van der Waals surface area contributed by atoms with Crippen molar-refractivity contribution < 1.29 is 17.9 Å². The summed E-state index contributed by atoms with van der Waals surface area (Å²) in [5.74, 6) is 2.64. The van der Waals surface area contributed by atoms with E-state index in [2.05, 4.69) is 41.3 Å².